The standard InChI is InChI=1S/C19H17IN4O5S3/c1-29-17(26)12-30-19-23-22-18(31-19)21-16(25)11-24(14-9-7-13(20)8-10-14)32(27,28)15-5-3-2-4-6-15/h2-10H,11-12H2,1H3,(H,21,22,25). The summed E-state index contributed by atoms with van der Waals surface area (Å²) in [5, 5.41) is 10.5. The number of esters is 1. The average Bonchev–Trinajstić information content (AvgIpc) is 3.24. The van der Waals surface area contributed by atoms with E-state index in [1.165, 1.54) is 19.2 Å². The molecular formula is C19H17IN4O5S3. The first-order chi connectivity index (χ1) is 15.3. The van der Waals surface area contributed by atoms with E-state index in [1.807, 2.05) is 0 Å². The highest BCUT2D eigenvalue weighted by Gasteiger charge is 2.27. The molecule has 0 saturated carbocycles. The molecule has 0 bridgehead atoms. The minimum Gasteiger partial charge on any atom is -0.468 e. The Balaban J connectivity index is 1.78. The van der Waals surface area contributed by atoms with Gasteiger partial charge in [0.2, 0.25) is 11.0 Å². The number of carbonyl (C=O) groups excluding carboxylic acids is 2. The fourth-order valence-corrected chi connectivity index (χ4v) is 5.83. The van der Waals surface area contributed by atoms with E-state index in [0.29, 0.717) is 10.0 Å². The van der Waals surface area contributed by atoms with Crippen LogP contribution in [0.15, 0.2) is 63.8 Å². The van der Waals surface area contributed by atoms with Crippen molar-refractivity contribution in [2.24, 2.45) is 0 Å². The van der Waals surface area contributed by atoms with Crippen LogP contribution in [-0.2, 0) is 24.3 Å². The molecular weight excluding hydrogens is 587 g/mol. The molecule has 0 fully saturated rings. The van der Waals surface area contributed by atoms with Crippen LogP contribution in [0.25, 0.3) is 0 Å². The smallest absolute Gasteiger partial charge is 0.316 e. The number of thioether (sulfide) groups is 1. The maximum Gasteiger partial charge on any atom is 0.316 e. The number of nitrogens with zero attached hydrogens (tertiary/aromatic N) is 3. The molecule has 0 spiro atoms. The number of carbonyl (C=O) groups is 2. The van der Waals surface area contributed by atoms with E-state index >= 15 is 0 Å². The summed E-state index contributed by atoms with van der Waals surface area (Å²) in [4.78, 5) is 24.0. The molecule has 0 aliphatic carbocycles. The molecule has 2 aromatic carbocycles. The van der Waals surface area contributed by atoms with E-state index in [1.54, 1.807) is 42.5 Å². The number of amides is 1. The molecule has 1 aromatic heterocycles. The number of hydrogen-bond acceptors (Lipinski definition) is 9. The topological polar surface area (TPSA) is 119 Å². The van der Waals surface area contributed by atoms with Crippen molar-refractivity contribution in [1.29, 1.82) is 0 Å². The molecule has 3 aromatic rings. The lowest BCUT2D eigenvalue weighted by Gasteiger charge is -2.24. The molecule has 0 atom stereocenters. The van der Waals surface area contributed by atoms with Gasteiger partial charge in [0.05, 0.1) is 23.4 Å². The molecule has 0 aliphatic rings. The Labute approximate surface area is 206 Å². The van der Waals surface area contributed by atoms with Crippen molar-refractivity contribution in [2.45, 2.75) is 9.24 Å². The predicted molar refractivity (Wildman–Crippen MR) is 131 cm³/mol. The molecule has 0 unspecified atom stereocenters. The summed E-state index contributed by atoms with van der Waals surface area (Å²) in [6, 6.07) is 14.7. The Bertz CT molecular complexity index is 1190. The van der Waals surface area contributed by atoms with Gasteiger partial charge in [0.1, 0.15) is 6.54 Å². The summed E-state index contributed by atoms with van der Waals surface area (Å²) >= 11 is 4.32. The highest BCUT2D eigenvalue weighted by atomic mass is 127. The molecule has 1 heterocycles. The van der Waals surface area contributed by atoms with Crippen molar-refractivity contribution in [3.63, 3.8) is 0 Å². The number of halogens is 1. The maximum atomic E-state index is 13.3. The summed E-state index contributed by atoms with van der Waals surface area (Å²) in [5.74, 6) is -0.923. The number of ether oxygens (including phenoxy) is 1. The number of nitrogens with one attached hydrogen (secondary N) is 1. The lowest BCUT2D eigenvalue weighted by molar-refractivity contribution is -0.137. The third-order valence-corrected chi connectivity index (χ3v) is 8.38. The van der Waals surface area contributed by atoms with Crippen LogP contribution in [-0.4, -0.2) is 49.9 Å². The molecule has 0 radical (unpaired) electrons. The van der Waals surface area contributed by atoms with Crippen molar-refractivity contribution in [3.05, 3.63) is 58.2 Å². The van der Waals surface area contributed by atoms with Crippen LogP contribution in [0, 0.1) is 3.57 Å². The van der Waals surface area contributed by atoms with E-state index < -0.39 is 28.4 Å². The van der Waals surface area contributed by atoms with Crippen molar-refractivity contribution < 1.29 is 22.7 Å². The van der Waals surface area contributed by atoms with Gasteiger partial charge in [-0.05, 0) is 59.0 Å². The molecule has 0 aliphatic heterocycles. The van der Waals surface area contributed by atoms with Gasteiger partial charge in [0.15, 0.2) is 4.34 Å². The fourth-order valence-electron chi connectivity index (χ4n) is 2.43. The van der Waals surface area contributed by atoms with Crippen LogP contribution in [0.2, 0.25) is 0 Å². The summed E-state index contributed by atoms with van der Waals surface area (Å²) in [7, 11) is -2.70. The van der Waals surface area contributed by atoms with Crippen molar-refractivity contribution in [3.8, 4) is 0 Å². The second kappa shape index (κ2) is 11.1. The van der Waals surface area contributed by atoms with Crippen LogP contribution in [0.5, 0.6) is 0 Å². The lowest BCUT2D eigenvalue weighted by Crippen LogP contribution is -2.38. The SMILES string of the molecule is COC(=O)CSc1nnc(NC(=O)CN(c2ccc(I)cc2)S(=O)(=O)c2ccccc2)s1. The van der Waals surface area contributed by atoms with Gasteiger partial charge in [-0.25, -0.2) is 8.42 Å². The monoisotopic (exact) mass is 604 g/mol. The van der Waals surface area contributed by atoms with Crippen LogP contribution >= 0.6 is 45.7 Å². The van der Waals surface area contributed by atoms with E-state index in [9.17, 15) is 18.0 Å². The Morgan fingerprint density at radius 3 is 2.47 bits per heavy atom. The zero-order valence-corrected chi connectivity index (χ0v) is 21.2. The molecule has 9 nitrogen and oxygen atoms in total. The van der Waals surface area contributed by atoms with E-state index in [2.05, 4.69) is 42.8 Å². The van der Waals surface area contributed by atoms with E-state index in [-0.39, 0.29) is 15.8 Å². The third-order valence-electron chi connectivity index (χ3n) is 3.93. The third kappa shape index (κ3) is 6.40. The van der Waals surface area contributed by atoms with Crippen molar-refractivity contribution in [1.82, 2.24) is 10.2 Å². The van der Waals surface area contributed by atoms with Crippen LogP contribution < -0.4 is 9.62 Å². The number of aromatic nitrogens is 2. The summed E-state index contributed by atoms with van der Waals surface area (Å²) in [6.07, 6.45) is 0. The zero-order chi connectivity index (χ0) is 23.1. The zero-order valence-electron chi connectivity index (χ0n) is 16.6. The Hall–Kier alpha value is -2.23. The number of hydrogen-bond donors (Lipinski definition) is 1. The largest absolute Gasteiger partial charge is 0.468 e. The van der Waals surface area contributed by atoms with Gasteiger partial charge in [-0.1, -0.05) is 41.3 Å². The first-order valence-corrected chi connectivity index (χ1v) is 13.3. The van der Waals surface area contributed by atoms with Crippen LogP contribution in [0.1, 0.15) is 0 Å². The second-order valence-electron chi connectivity index (χ2n) is 6.09. The van der Waals surface area contributed by atoms with E-state index in [4.69, 9.17) is 0 Å². The second-order valence-corrected chi connectivity index (χ2v) is 11.4. The van der Waals surface area contributed by atoms with Crippen molar-refractivity contribution in [2.75, 3.05) is 29.0 Å². The minimum atomic E-state index is -3.99. The van der Waals surface area contributed by atoms with Gasteiger partial charge in [0, 0.05) is 3.57 Å². The molecule has 1 amide bonds. The van der Waals surface area contributed by atoms with Gasteiger partial charge in [0.25, 0.3) is 10.0 Å². The van der Waals surface area contributed by atoms with E-state index in [0.717, 1.165) is 31.0 Å². The Morgan fingerprint density at radius 2 is 1.81 bits per heavy atom. The van der Waals surface area contributed by atoms with Gasteiger partial charge < -0.3 is 4.74 Å². The molecule has 13 heteroatoms. The Kier molecular flexibility index (Phi) is 8.44. The number of sulfonamides is 1. The van der Waals surface area contributed by atoms with Gasteiger partial charge in [-0.2, -0.15) is 0 Å². The maximum absolute atomic E-state index is 13.3. The number of methoxy groups -OCH3 is 1. The number of anilines is 2. The lowest BCUT2D eigenvalue weighted by atomic mass is 10.3. The Morgan fingerprint density at radius 1 is 1.12 bits per heavy atom. The number of benzene rings is 2. The fraction of sp³-hybridized carbons (Fsp3) is 0.158. The average molecular weight is 604 g/mol. The molecule has 1 N–H and O–H groups in total. The van der Waals surface area contributed by atoms with Gasteiger partial charge >= 0.3 is 5.97 Å². The summed E-state index contributed by atoms with van der Waals surface area (Å²) < 4.78 is 33.5. The molecule has 32 heavy (non-hydrogen) atoms. The highest BCUT2D eigenvalue weighted by molar-refractivity contribution is 14.1. The normalized spacial score (nSPS) is 11.1. The molecule has 0 saturated heterocycles. The van der Waals surface area contributed by atoms with Crippen LogP contribution in [0.4, 0.5) is 10.8 Å². The highest BCUT2D eigenvalue weighted by Crippen LogP contribution is 2.27. The summed E-state index contributed by atoms with van der Waals surface area (Å²) in [6.45, 7) is -0.456. The minimum absolute atomic E-state index is 0.0645. The summed E-state index contributed by atoms with van der Waals surface area (Å²) in [5.41, 5.74) is 0.357. The quantitative estimate of drug-likeness (QED) is 0.171. The first-order valence-electron chi connectivity index (χ1n) is 8.96. The molecule has 168 valence electrons. The van der Waals surface area contributed by atoms with Crippen molar-refractivity contribution >= 4 is 78.4 Å². The number of rotatable bonds is 9. The molecule has 3 rings (SSSR count). The first kappa shape index (κ1) is 24.4. The van der Waals surface area contributed by atoms with Crippen LogP contribution in [0.3, 0.4) is 0 Å². The predicted octanol–water partition coefficient (Wildman–Crippen LogP) is 3.24. The van der Waals surface area contributed by atoms with Gasteiger partial charge in [-0.3, -0.25) is 19.2 Å². The van der Waals surface area contributed by atoms with Gasteiger partial charge in [-0.15, -0.1) is 10.2 Å².